The molecule has 7 heteroatoms. The third kappa shape index (κ3) is 3.46. The van der Waals surface area contributed by atoms with Gasteiger partial charge in [-0.3, -0.25) is 4.79 Å². The third-order valence-electron chi connectivity index (χ3n) is 4.82. The van der Waals surface area contributed by atoms with Gasteiger partial charge in [0.05, 0.1) is 18.8 Å². The maximum atomic E-state index is 13.1. The second-order valence-corrected chi connectivity index (χ2v) is 6.67. The summed E-state index contributed by atoms with van der Waals surface area (Å²) >= 11 is 0. The number of aryl methyl sites for hydroxylation is 2. The summed E-state index contributed by atoms with van der Waals surface area (Å²) in [7, 11) is 0. The van der Waals surface area contributed by atoms with Crippen LogP contribution in [0, 0.1) is 19.7 Å². The normalized spacial score (nSPS) is 16.0. The highest BCUT2D eigenvalue weighted by atomic mass is 19.1. The second kappa shape index (κ2) is 6.92. The average Bonchev–Trinajstić information content (AvgIpc) is 3.08. The first-order chi connectivity index (χ1) is 13.0. The van der Waals surface area contributed by atoms with Crippen molar-refractivity contribution in [2.45, 2.75) is 33.1 Å². The number of halogens is 1. The molecular weight excluding hydrogens is 347 g/mol. The Bertz CT molecular complexity index is 998. The monoisotopic (exact) mass is 366 g/mol. The second-order valence-electron chi connectivity index (χ2n) is 6.67. The maximum absolute atomic E-state index is 13.1. The highest BCUT2D eigenvalue weighted by Crippen LogP contribution is 2.27. The molecule has 27 heavy (non-hydrogen) atoms. The van der Waals surface area contributed by atoms with Crippen LogP contribution in [0.4, 0.5) is 10.1 Å². The Morgan fingerprint density at radius 1 is 1.19 bits per heavy atom. The summed E-state index contributed by atoms with van der Waals surface area (Å²) in [6.07, 6.45) is -0.254. The summed E-state index contributed by atoms with van der Waals surface area (Å²) in [5.41, 5.74) is 4.72. The molecule has 2 aromatic carbocycles. The summed E-state index contributed by atoms with van der Waals surface area (Å²) in [5, 5.41) is 11.0. The molecule has 0 saturated heterocycles. The van der Waals surface area contributed by atoms with Crippen LogP contribution in [0.5, 0.6) is 0 Å². The fraction of sp³-hybridized carbons (Fsp3) is 0.250. The molecule has 1 aromatic heterocycles. The molecule has 2 heterocycles. The molecule has 0 fully saturated rings. The van der Waals surface area contributed by atoms with E-state index in [1.165, 1.54) is 12.1 Å². The van der Waals surface area contributed by atoms with Gasteiger partial charge in [0.2, 0.25) is 0 Å². The molecule has 0 bridgehead atoms. The van der Waals surface area contributed by atoms with Gasteiger partial charge in [-0.25, -0.2) is 9.07 Å². The van der Waals surface area contributed by atoms with E-state index in [0.717, 1.165) is 16.7 Å². The number of carbonyl (C=O) groups is 1. The predicted octanol–water partition coefficient (Wildman–Crippen LogP) is 3.56. The summed E-state index contributed by atoms with van der Waals surface area (Å²) in [4.78, 5) is 12.6. The fourth-order valence-corrected chi connectivity index (χ4v) is 3.08. The number of ether oxygens (including phenoxy) is 1. The predicted molar refractivity (Wildman–Crippen MR) is 97.8 cm³/mol. The summed E-state index contributed by atoms with van der Waals surface area (Å²) in [6, 6.07) is 11.9. The van der Waals surface area contributed by atoms with E-state index in [2.05, 4.69) is 15.6 Å². The maximum Gasteiger partial charge on any atom is 0.278 e. The van der Waals surface area contributed by atoms with Gasteiger partial charge in [0.1, 0.15) is 11.9 Å². The first-order valence-corrected chi connectivity index (χ1v) is 8.69. The Morgan fingerprint density at radius 3 is 2.70 bits per heavy atom. The molecule has 0 aliphatic carbocycles. The van der Waals surface area contributed by atoms with Crippen molar-refractivity contribution in [3.63, 3.8) is 0 Å². The van der Waals surface area contributed by atoms with Crippen LogP contribution in [0.2, 0.25) is 0 Å². The molecule has 1 aliphatic heterocycles. The van der Waals surface area contributed by atoms with Crippen molar-refractivity contribution >= 4 is 11.6 Å². The van der Waals surface area contributed by atoms with Gasteiger partial charge in [-0.2, -0.15) is 0 Å². The van der Waals surface area contributed by atoms with Crippen molar-refractivity contribution in [3.8, 4) is 0 Å². The summed E-state index contributed by atoms with van der Waals surface area (Å²) in [5.74, 6) is -0.607. The standard InChI is InChI=1S/C20H19FN4O2/c1-12-3-8-16(9-13(12)2)22-20(26)19-17-11-27-18(10-25(17)24-23-19)14-4-6-15(21)7-5-14/h3-9,18H,10-11H2,1-2H3,(H,22,26)/t18-/m1/s1. The van der Waals surface area contributed by atoms with Crippen LogP contribution < -0.4 is 5.32 Å². The Kier molecular flexibility index (Phi) is 4.45. The number of rotatable bonds is 3. The number of nitrogens with zero attached hydrogens (tertiary/aromatic N) is 3. The molecule has 1 N–H and O–H groups in total. The number of hydrogen-bond donors (Lipinski definition) is 1. The number of anilines is 1. The molecule has 6 nitrogen and oxygen atoms in total. The lowest BCUT2D eigenvalue weighted by Gasteiger charge is -2.24. The van der Waals surface area contributed by atoms with Gasteiger partial charge >= 0.3 is 0 Å². The van der Waals surface area contributed by atoms with Crippen molar-refractivity contribution < 1.29 is 13.9 Å². The number of fused-ring (bicyclic) bond motifs is 1. The zero-order chi connectivity index (χ0) is 19.0. The lowest BCUT2D eigenvalue weighted by molar-refractivity contribution is -0.00174. The van der Waals surface area contributed by atoms with E-state index in [1.54, 1.807) is 16.8 Å². The molecule has 1 atom stereocenters. The molecule has 0 spiro atoms. The fourth-order valence-electron chi connectivity index (χ4n) is 3.08. The Balaban J connectivity index is 1.51. The van der Waals surface area contributed by atoms with E-state index in [0.29, 0.717) is 17.9 Å². The zero-order valence-corrected chi connectivity index (χ0v) is 15.1. The number of carbonyl (C=O) groups excluding carboxylic acids is 1. The minimum absolute atomic E-state index is 0.213. The third-order valence-corrected chi connectivity index (χ3v) is 4.82. The average molecular weight is 366 g/mol. The zero-order valence-electron chi connectivity index (χ0n) is 15.1. The largest absolute Gasteiger partial charge is 0.365 e. The van der Waals surface area contributed by atoms with Crippen molar-refractivity contribution in [3.05, 3.63) is 76.4 Å². The number of amides is 1. The van der Waals surface area contributed by atoms with Gasteiger partial charge in [0.15, 0.2) is 5.69 Å². The van der Waals surface area contributed by atoms with E-state index in [1.807, 2.05) is 32.0 Å². The summed E-state index contributed by atoms with van der Waals surface area (Å²) in [6.45, 7) is 4.65. The van der Waals surface area contributed by atoms with Gasteiger partial charge in [-0.15, -0.1) is 5.10 Å². The lowest BCUT2D eigenvalue weighted by Crippen LogP contribution is -2.24. The van der Waals surface area contributed by atoms with Gasteiger partial charge in [-0.1, -0.05) is 23.4 Å². The molecule has 0 saturated carbocycles. The van der Waals surface area contributed by atoms with Crippen LogP contribution in [-0.2, 0) is 17.9 Å². The highest BCUT2D eigenvalue weighted by Gasteiger charge is 2.27. The Labute approximate surface area is 156 Å². The first-order valence-electron chi connectivity index (χ1n) is 8.69. The number of aromatic nitrogens is 3. The van der Waals surface area contributed by atoms with Crippen LogP contribution >= 0.6 is 0 Å². The van der Waals surface area contributed by atoms with Gasteiger partial charge < -0.3 is 10.1 Å². The van der Waals surface area contributed by atoms with E-state index >= 15 is 0 Å². The van der Waals surface area contributed by atoms with E-state index in [9.17, 15) is 9.18 Å². The first kappa shape index (κ1) is 17.4. The van der Waals surface area contributed by atoms with Crippen molar-refractivity contribution in [2.75, 3.05) is 5.32 Å². The number of benzene rings is 2. The van der Waals surface area contributed by atoms with Crippen molar-refractivity contribution in [1.29, 1.82) is 0 Å². The topological polar surface area (TPSA) is 69.0 Å². The van der Waals surface area contributed by atoms with E-state index in [4.69, 9.17) is 4.74 Å². The highest BCUT2D eigenvalue weighted by molar-refractivity contribution is 6.03. The van der Waals surface area contributed by atoms with Crippen LogP contribution in [0.15, 0.2) is 42.5 Å². The quantitative estimate of drug-likeness (QED) is 0.770. The molecular formula is C20H19FN4O2. The Hall–Kier alpha value is -3.06. The minimum Gasteiger partial charge on any atom is -0.365 e. The smallest absolute Gasteiger partial charge is 0.278 e. The summed E-state index contributed by atoms with van der Waals surface area (Å²) < 4.78 is 20.6. The van der Waals surface area contributed by atoms with E-state index < -0.39 is 0 Å². The number of hydrogen-bond acceptors (Lipinski definition) is 4. The SMILES string of the molecule is Cc1ccc(NC(=O)c2nnn3c2CO[C@@H](c2ccc(F)cc2)C3)cc1C. The molecule has 4 rings (SSSR count). The molecule has 1 aliphatic rings. The van der Waals surface area contributed by atoms with Crippen molar-refractivity contribution in [1.82, 2.24) is 15.0 Å². The van der Waals surface area contributed by atoms with Crippen LogP contribution in [0.3, 0.4) is 0 Å². The van der Waals surface area contributed by atoms with Gasteiger partial charge in [0.25, 0.3) is 5.91 Å². The van der Waals surface area contributed by atoms with E-state index in [-0.39, 0.29) is 30.1 Å². The van der Waals surface area contributed by atoms with Crippen molar-refractivity contribution in [2.24, 2.45) is 0 Å². The van der Waals surface area contributed by atoms with Crippen LogP contribution in [-0.4, -0.2) is 20.9 Å². The van der Waals surface area contributed by atoms with Gasteiger partial charge in [0, 0.05) is 5.69 Å². The minimum atomic E-state index is -0.316. The molecule has 3 aromatic rings. The molecule has 138 valence electrons. The van der Waals surface area contributed by atoms with Crippen LogP contribution in [0.25, 0.3) is 0 Å². The molecule has 0 unspecified atom stereocenters. The Morgan fingerprint density at radius 2 is 1.96 bits per heavy atom. The molecule has 0 radical (unpaired) electrons. The molecule has 1 amide bonds. The van der Waals surface area contributed by atoms with Crippen LogP contribution in [0.1, 0.15) is 39.0 Å². The van der Waals surface area contributed by atoms with Gasteiger partial charge in [-0.05, 0) is 54.8 Å². The number of nitrogens with one attached hydrogen (secondary N) is 1. The lowest BCUT2D eigenvalue weighted by atomic mass is 10.1.